The van der Waals surface area contributed by atoms with Crippen molar-refractivity contribution in [2.24, 2.45) is 23.2 Å². The zero-order chi connectivity index (χ0) is 38.1. The molecule has 1 rings (SSSR count). The lowest BCUT2D eigenvalue weighted by Crippen LogP contribution is -2.47. The standard InChI is InChI=1S/C22H42N2O2.C6H12O.C2H7N.4C2H6.CH4O/c1-9-12-17(4)21(23-11-3)24(8)14-13-22(7,10-2)15-18(5)20(26)19(6)16-25;7-6-4-2-1-3-5-6;1-3-2;5*1-2/h11,16-19,21,23H,3,9-10,12-15H2,1-2,4-8H3;6-7H,1-5H2;3H,1-2H3;4*1-2H3;2H,1H3/t17?,18-,19?,21?,22-;;;;;;;/m1......./s1. The normalized spacial score (nSPS) is 15.3. The highest BCUT2D eigenvalue weighted by Crippen LogP contribution is 2.35. The Morgan fingerprint density at radius 1 is 0.957 bits per heavy atom. The van der Waals surface area contributed by atoms with Crippen LogP contribution < -0.4 is 10.6 Å². The number of nitrogens with one attached hydrogen (secondary N) is 2. The molecule has 0 aliphatic heterocycles. The molecule has 5 atom stereocenters. The largest absolute Gasteiger partial charge is 0.400 e. The summed E-state index contributed by atoms with van der Waals surface area (Å²) < 4.78 is 0. The van der Waals surface area contributed by atoms with Crippen LogP contribution in [0.25, 0.3) is 0 Å². The number of Topliss-reactive ketones (excluding diaryl/α,β-unsaturated/α-hetero) is 1. The van der Waals surface area contributed by atoms with Crippen molar-refractivity contribution in [3.63, 3.8) is 0 Å². The molecule has 7 nitrogen and oxygen atoms in total. The Hall–Kier alpha value is -1.28. The van der Waals surface area contributed by atoms with E-state index < -0.39 is 5.92 Å². The number of hydrogen-bond acceptors (Lipinski definition) is 7. The van der Waals surface area contributed by atoms with Gasteiger partial charge in [-0.3, -0.25) is 9.69 Å². The second-order valence-electron chi connectivity index (χ2n) is 11.2. The average molecular weight is 664 g/mol. The van der Waals surface area contributed by atoms with Crippen LogP contribution in [-0.4, -0.2) is 74.2 Å². The van der Waals surface area contributed by atoms with Crippen molar-refractivity contribution in [2.45, 2.75) is 173 Å². The first-order valence-corrected chi connectivity index (χ1v) is 18.7. The number of carbonyl (C=O) groups excluding carboxylic acids is 2. The highest BCUT2D eigenvalue weighted by atomic mass is 16.3. The maximum atomic E-state index is 12.3. The molecule has 1 fully saturated rings. The van der Waals surface area contributed by atoms with Crippen LogP contribution in [0.15, 0.2) is 12.8 Å². The molecular formula is C39H89N3O4. The third-order valence-electron chi connectivity index (χ3n) is 7.48. The van der Waals surface area contributed by atoms with Crippen LogP contribution in [0.5, 0.6) is 0 Å². The molecule has 0 spiro atoms. The molecule has 284 valence electrons. The molecule has 3 unspecified atom stereocenters. The van der Waals surface area contributed by atoms with Gasteiger partial charge in [-0.25, -0.2) is 0 Å². The van der Waals surface area contributed by atoms with Crippen LogP contribution in [0, 0.1) is 23.2 Å². The van der Waals surface area contributed by atoms with E-state index in [1.165, 1.54) is 32.1 Å². The van der Waals surface area contributed by atoms with Crippen molar-refractivity contribution < 1.29 is 19.8 Å². The molecule has 46 heavy (non-hydrogen) atoms. The summed E-state index contributed by atoms with van der Waals surface area (Å²) in [7, 11) is 6.91. The summed E-state index contributed by atoms with van der Waals surface area (Å²) in [6.07, 6.45) is 14.0. The summed E-state index contributed by atoms with van der Waals surface area (Å²) in [5.41, 5.74) is 0.0959. The number of ketones is 1. The van der Waals surface area contributed by atoms with E-state index >= 15 is 0 Å². The van der Waals surface area contributed by atoms with Gasteiger partial charge >= 0.3 is 0 Å². The monoisotopic (exact) mass is 664 g/mol. The fourth-order valence-electron chi connectivity index (χ4n) is 4.91. The summed E-state index contributed by atoms with van der Waals surface area (Å²) >= 11 is 0. The second-order valence-corrected chi connectivity index (χ2v) is 11.2. The molecule has 0 saturated heterocycles. The van der Waals surface area contributed by atoms with Gasteiger partial charge in [0.15, 0.2) is 0 Å². The quantitative estimate of drug-likeness (QED) is 0.0786. The Balaban J connectivity index is -0.000000124. The predicted molar refractivity (Wildman–Crippen MR) is 208 cm³/mol. The van der Waals surface area contributed by atoms with Crippen molar-refractivity contribution >= 4 is 12.1 Å². The van der Waals surface area contributed by atoms with E-state index in [1.54, 1.807) is 13.1 Å². The van der Waals surface area contributed by atoms with E-state index in [1.807, 2.05) is 76.4 Å². The van der Waals surface area contributed by atoms with Gasteiger partial charge in [0.05, 0.1) is 18.2 Å². The maximum absolute atomic E-state index is 12.3. The molecular weight excluding hydrogens is 574 g/mol. The topological polar surface area (TPSA) is 102 Å². The third kappa shape index (κ3) is 37.2. The van der Waals surface area contributed by atoms with Crippen LogP contribution >= 0.6 is 0 Å². The summed E-state index contributed by atoms with van der Waals surface area (Å²) in [6, 6.07) is 0. The van der Waals surface area contributed by atoms with Crippen molar-refractivity contribution in [3.8, 4) is 0 Å². The van der Waals surface area contributed by atoms with Crippen LogP contribution in [0.3, 0.4) is 0 Å². The molecule has 7 heteroatoms. The molecule has 0 bridgehead atoms. The average Bonchev–Trinajstić information content (AvgIpc) is 3.10. The smallest absolute Gasteiger partial charge is 0.145 e. The van der Waals surface area contributed by atoms with E-state index in [-0.39, 0.29) is 29.4 Å². The predicted octanol–water partition coefficient (Wildman–Crippen LogP) is 9.51. The Morgan fingerprint density at radius 3 is 1.70 bits per heavy atom. The minimum Gasteiger partial charge on any atom is -0.400 e. The van der Waals surface area contributed by atoms with Gasteiger partial charge in [-0.1, -0.05) is 129 Å². The first-order chi connectivity index (χ1) is 22.0. The van der Waals surface area contributed by atoms with Crippen LogP contribution in [0.2, 0.25) is 0 Å². The SMILES string of the molecule is C=CNC(C(C)CCC)N(C)CC[C@@](C)(CC)C[C@@H](C)C(=O)C(C)C=O.CC.CC.CC.CC.CNC.CO.OC1CCCCC1. The number of nitrogens with zero attached hydrogens (tertiary/aromatic N) is 1. The van der Waals surface area contributed by atoms with Gasteiger partial charge in [-0.15, -0.1) is 0 Å². The van der Waals surface area contributed by atoms with Crippen LogP contribution in [-0.2, 0) is 9.59 Å². The highest BCUT2D eigenvalue weighted by molar-refractivity contribution is 5.94. The van der Waals surface area contributed by atoms with Crippen LogP contribution in [0.4, 0.5) is 0 Å². The molecule has 1 aliphatic rings. The van der Waals surface area contributed by atoms with E-state index in [2.05, 4.69) is 56.9 Å². The summed E-state index contributed by atoms with van der Waals surface area (Å²) in [5, 5.41) is 22.1. The maximum Gasteiger partial charge on any atom is 0.145 e. The number of aldehydes is 1. The van der Waals surface area contributed by atoms with Crippen molar-refractivity contribution in [3.05, 3.63) is 12.8 Å². The van der Waals surface area contributed by atoms with Gasteiger partial charge in [0.2, 0.25) is 0 Å². The molecule has 0 amide bonds. The van der Waals surface area contributed by atoms with Crippen molar-refractivity contribution in [2.75, 3.05) is 34.8 Å². The lowest BCUT2D eigenvalue weighted by molar-refractivity contribution is -0.130. The summed E-state index contributed by atoms with van der Waals surface area (Å²) in [6.45, 7) is 33.4. The van der Waals surface area contributed by atoms with E-state index in [0.29, 0.717) is 5.92 Å². The molecule has 0 aromatic carbocycles. The van der Waals surface area contributed by atoms with Gasteiger partial charge in [0.25, 0.3) is 0 Å². The summed E-state index contributed by atoms with van der Waals surface area (Å²) in [4.78, 5) is 25.6. The Kier molecular flexibility index (Phi) is 62.8. The molecule has 1 saturated carbocycles. The van der Waals surface area contributed by atoms with E-state index in [4.69, 9.17) is 10.2 Å². The van der Waals surface area contributed by atoms with Gasteiger partial charge < -0.3 is 25.6 Å². The van der Waals surface area contributed by atoms with Gasteiger partial charge in [-0.2, -0.15) is 0 Å². The molecule has 0 radical (unpaired) electrons. The number of aliphatic hydroxyl groups is 2. The fourth-order valence-corrected chi connectivity index (χ4v) is 4.91. The third-order valence-corrected chi connectivity index (χ3v) is 7.48. The Bertz CT molecular complexity index is 571. The molecule has 0 heterocycles. The lowest BCUT2D eigenvalue weighted by Gasteiger charge is -2.37. The lowest BCUT2D eigenvalue weighted by atomic mass is 9.74. The zero-order valence-electron chi connectivity index (χ0n) is 34.7. The van der Waals surface area contributed by atoms with Gasteiger partial charge in [0.1, 0.15) is 12.1 Å². The first kappa shape index (κ1) is 60.1. The van der Waals surface area contributed by atoms with Gasteiger partial charge in [-0.05, 0) is 77.7 Å². The van der Waals surface area contributed by atoms with Gasteiger partial charge in [0, 0.05) is 19.6 Å². The molecule has 0 aromatic rings. The summed E-state index contributed by atoms with van der Waals surface area (Å²) in [5.74, 6) is 0.0389. The van der Waals surface area contributed by atoms with Crippen LogP contribution in [0.1, 0.15) is 161 Å². The number of rotatable bonds is 15. The van der Waals surface area contributed by atoms with Crippen molar-refractivity contribution in [1.29, 1.82) is 0 Å². The molecule has 4 N–H and O–H groups in total. The minimum absolute atomic E-state index is 0.0359. The van der Waals surface area contributed by atoms with E-state index in [9.17, 15) is 9.59 Å². The van der Waals surface area contributed by atoms with E-state index in [0.717, 1.165) is 52.0 Å². The minimum atomic E-state index is -0.496. The number of aliphatic hydroxyl groups excluding tert-OH is 2. The number of hydrogen-bond donors (Lipinski definition) is 4. The molecule has 1 aliphatic carbocycles. The first-order valence-electron chi connectivity index (χ1n) is 18.7. The Labute approximate surface area is 291 Å². The molecule has 0 aromatic heterocycles. The fraction of sp³-hybridized carbons (Fsp3) is 0.897. The zero-order valence-corrected chi connectivity index (χ0v) is 34.7. The number of carbonyl (C=O) groups is 2. The Morgan fingerprint density at radius 2 is 1.39 bits per heavy atom. The highest BCUT2D eigenvalue weighted by Gasteiger charge is 2.30. The second kappa shape index (κ2) is 48.1. The van der Waals surface area contributed by atoms with Crippen molar-refractivity contribution in [1.82, 2.24) is 15.5 Å².